The Bertz CT molecular complexity index is 3120. The quantitative estimate of drug-likeness (QED) is 0.161. The van der Waals surface area contributed by atoms with E-state index in [1.807, 2.05) is 0 Å². The van der Waals surface area contributed by atoms with Crippen LogP contribution in [0.2, 0.25) is 0 Å². The average molecular weight is 868 g/mol. The molecule has 7 bridgehead atoms. The maximum atomic E-state index is 7.50. The predicted octanol–water partition coefficient (Wildman–Crippen LogP) is 14.2. The summed E-state index contributed by atoms with van der Waals surface area (Å²) in [6, 6.07) is 33.0. The Morgan fingerprint density at radius 1 is 0.545 bits per heavy atom. The number of benzene rings is 5. The molecule has 336 valence electrons. The molecule has 0 saturated heterocycles. The van der Waals surface area contributed by atoms with Crippen molar-refractivity contribution in [3.8, 4) is 28.3 Å². The van der Waals surface area contributed by atoms with E-state index in [9.17, 15) is 0 Å². The van der Waals surface area contributed by atoms with E-state index >= 15 is 0 Å². The standard InChI is InChI=1S/C63H70BNO/c1-58(2,3)40-13-15-51-45(24-40)46-25-42(60(7,8)9)27-50-57(46)65(51)52-21-39(22-54-56(52)64(50)49-26-41(59(4,5)6)14-16-53(49)66-54)55-47(61-28-35-17-36(29-61)19-37(18-35)30-61)11-10-12-48(55)62-31-38-20-43-23-44(33-62)63(43,32-38)34-62/h10-16,21-22,24-27,35-38,43-44H,17-20,23,28-34H2,1-9H3. The van der Waals surface area contributed by atoms with Crippen molar-refractivity contribution in [1.82, 2.24) is 4.57 Å². The molecule has 2 aliphatic heterocycles. The van der Waals surface area contributed by atoms with E-state index in [0.717, 1.165) is 47.0 Å². The molecular weight excluding hydrogens is 798 g/mol. The zero-order chi connectivity index (χ0) is 44.8. The van der Waals surface area contributed by atoms with Gasteiger partial charge in [0.2, 0.25) is 0 Å². The Labute approximate surface area is 394 Å². The van der Waals surface area contributed by atoms with Crippen LogP contribution in [0.25, 0.3) is 38.6 Å². The molecule has 0 N–H and O–H groups in total. The van der Waals surface area contributed by atoms with Gasteiger partial charge in [-0.1, -0.05) is 105 Å². The lowest BCUT2D eigenvalue weighted by molar-refractivity contribution is -0.00505. The van der Waals surface area contributed by atoms with Crippen LogP contribution in [0.5, 0.6) is 11.5 Å². The lowest BCUT2D eigenvalue weighted by Gasteiger charge is -2.58. The Morgan fingerprint density at radius 3 is 1.89 bits per heavy atom. The van der Waals surface area contributed by atoms with Crippen molar-refractivity contribution in [3.63, 3.8) is 0 Å². The van der Waals surface area contributed by atoms with Gasteiger partial charge in [0.25, 0.3) is 6.71 Å². The van der Waals surface area contributed by atoms with Gasteiger partial charge in [-0.15, -0.1) is 0 Å². The normalized spacial score (nSPS) is 32.8. The molecule has 0 radical (unpaired) electrons. The monoisotopic (exact) mass is 868 g/mol. The van der Waals surface area contributed by atoms with E-state index in [0.29, 0.717) is 5.41 Å². The second-order valence-electron chi connectivity index (χ2n) is 27.9. The van der Waals surface area contributed by atoms with Gasteiger partial charge in [-0.3, -0.25) is 0 Å². The second-order valence-corrected chi connectivity index (χ2v) is 27.9. The summed E-state index contributed by atoms with van der Waals surface area (Å²) in [4.78, 5) is 0. The van der Waals surface area contributed by atoms with E-state index < -0.39 is 0 Å². The first-order valence-corrected chi connectivity index (χ1v) is 26.7. The lowest BCUT2D eigenvalue weighted by atomic mass is 9.34. The molecule has 66 heavy (non-hydrogen) atoms. The third kappa shape index (κ3) is 5.07. The van der Waals surface area contributed by atoms with Gasteiger partial charge < -0.3 is 9.30 Å². The third-order valence-corrected chi connectivity index (χ3v) is 21.0. The maximum Gasteiger partial charge on any atom is 0.256 e. The fourth-order valence-corrected chi connectivity index (χ4v) is 18.7. The highest BCUT2D eigenvalue weighted by Crippen LogP contribution is 2.79. The topological polar surface area (TPSA) is 14.2 Å². The van der Waals surface area contributed by atoms with Crippen LogP contribution in [-0.4, -0.2) is 11.3 Å². The molecule has 5 atom stereocenters. The van der Waals surface area contributed by atoms with Crippen molar-refractivity contribution in [2.45, 2.75) is 166 Å². The van der Waals surface area contributed by atoms with E-state index in [-0.39, 0.29) is 33.8 Å². The van der Waals surface area contributed by atoms with Crippen LogP contribution in [0.4, 0.5) is 0 Å². The van der Waals surface area contributed by atoms with E-state index in [2.05, 4.69) is 146 Å². The summed E-state index contributed by atoms with van der Waals surface area (Å²) in [5.74, 6) is 7.63. The van der Waals surface area contributed by atoms with E-state index in [1.165, 1.54) is 143 Å². The zero-order valence-corrected chi connectivity index (χ0v) is 41.4. The Hall–Kier alpha value is -4.24. The zero-order valence-electron chi connectivity index (χ0n) is 41.4. The largest absolute Gasteiger partial charge is 0.458 e. The van der Waals surface area contributed by atoms with Crippen molar-refractivity contribution in [2.75, 3.05) is 0 Å². The molecule has 8 fully saturated rings. The van der Waals surface area contributed by atoms with Crippen LogP contribution in [-0.2, 0) is 27.1 Å². The van der Waals surface area contributed by atoms with Crippen LogP contribution >= 0.6 is 0 Å². The highest BCUT2D eigenvalue weighted by atomic mass is 16.5. The molecule has 1 aromatic heterocycles. The molecule has 3 heterocycles. The van der Waals surface area contributed by atoms with Crippen LogP contribution in [0.15, 0.2) is 78.9 Å². The number of ether oxygens (including phenoxy) is 1. The minimum Gasteiger partial charge on any atom is -0.458 e. The summed E-state index contributed by atoms with van der Waals surface area (Å²) < 4.78 is 10.2. The molecule has 5 aromatic carbocycles. The van der Waals surface area contributed by atoms with Crippen LogP contribution in [0.1, 0.15) is 167 Å². The molecule has 5 unspecified atom stereocenters. The second kappa shape index (κ2) is 12.3. The highest BCUT2D eigenvalue weighted by molar-refractivity contribution is 6.99. The molecule has 8 saturated carbocycles. The molecular formula is C63H70BNO. The van der Waals surface area contributed by atoms with Crippen molar-refractivity contribution >= 4 is 44.9 Å². The summed E-state index contributed by atoms with van der Waals surface area (Å²) >= 11 is 0. The molecule has 8 aliphatic carbocycles. The minimum atomic E-state index is -0.0103. The van der Waals surface area contributed by atoms with Gasteiger partial charge in [0.15, 0.2) is 0 Å². The van der Waals surface area contributed by atoms with Crippen molar-refractivity contribution in [1.29, 1.82) is 0 Å². The number of hydrogen-bond acceptors (Lipinski definition) is 1. The summed E-state index contributed by atoms with van der Waals surface area (Å²) in [7, 11) is 0. The average Bonchev–Trinajstić information content (AvgIpc) is 3.76. The van der Waals surface area contributed by atoms with Gasteiger partial charge in [-0.05, 0) is 237 Å². The van der Waals surface area contributed by atoms with Gasteiger partial charge in [-0.2, -0.15) is 0 Å². The van der Waals surface area contributed by atoms with Crippen LogP contribution in [0.3, 0.4) is 0 Å². The highest BCUT2D eigenvalue weighted by Gasteiger charge is 2.71. The van der Waals surface area contributed by atoms with E-state index in [1.54, 1.807) is 16.7 Å². The van der Waals surface area contributed by atoms with Crippen LogP contribution in [0, 0.1) is 40.9 Å². The minimum absolute atomic E-state index is 0.0103. The first kappa shape index (κ1) is 39.7. The SMILES string of the molecule is CC(C)(C)c1ccc2c(c1)B1c3c(cc(-c4c(C56CC7CC(CC(C7)C5)C6)cccc4C45CC6CC7CC(C4)C7(C6)C5)cc3-n3c4ccc(C(C)(C)C)cc4c4cc(C(C)(C)C)cc1c43)O2. The molecule has 10 aliphatic rings. The van der Waals surface area contributed by atoms with Gasteiger partial charge in [0, 0.05) is 22.0 Å². The molecule has 0 amide bonds. The molecule has 16 rings (SSSR count). The molecule has 1 spiro atoms. The lowest BCUT2D eigenvalue weighted by Crippen LogP contribution is -2.58. The van der Waals surface area contributed by atoms with E-state index in [4.69, 9.17) is 4.74 Å². The first-order valence-electron chi connectivity index (χ1n) is 26.7. The van der Waals surface area contributed by atoms with Crippen molar-refractivity contribution in [3.05, 3.63) is 107 Å². The predicted molar refractivity (Wildman–Crippen MR) is 276 cm³/mol. The Balaban J connectivity index is 1.05. The van der Waals surface area contributed by atoms with Crippen molar-refractivity contribution in [2.24, 2.45) is 40.9 Å². The van der Waals surface area contributed by atoms with Crippen molar-refractivity contribution < 1.29 is 4.74 Å². The maximum absolute atomic E-state index is 7.50. The molecule has 2 nitrogen and oxygen atoms in total. The summed E-state index contributed by atoms with van der Waals surface area (Å²) in [6.07, 6.45) is 17.4. The number of aromatic nitrogens is 1. The molecule has 6 aromatic rings. The number of rotatable bonds is 3. The third-order valence-electron chi connectivity index (χ3n) is 21.0. The fourth-order valence-electron chi connectivity index (χ4n) is 18.7. The summed E-state index contributed by atoms with van der Waals surface area (Å²) in [5, 5.41) is 2.78. The van der Waals surface area contributed by atoms with Crippen LogP contribution < -0.4 is 21.1 Å². The number of nitrogens with zero attached hydrogens (tertiary/aromatic N) is 1. The summed E-state index contributed by atoms with van der Waals surface area (Å²) in [5.41, 5.74) is 20.1. The number of fused-ring (bicyclic) bond motifs is 9. The number of hydrogen-bond donors (Lipinski definition) is 0. The fraction of sp³-hybridized carbons (Fsp3) is 0.524. The molecule has 3 heteroatoms. The Kier molecular flexibility index (Phi) is 7.41. The smallest absolute Gasteiger partial charge is 0.256 e. The summed E-state index contributed by atoms with van der Waals surface area (Å²) in [6.45, 7) is 21.5. The van der Waals surface area contributed by atoms with Gasteiger partial charge in [0.05, 0.1) is 5.52 Å². The van der Waals surface area contributed by atoms with Gasteiger partial charge >= 0.3 is 0 Å². The Morgan fingerprint density at radius 2 is 1.18 bits per heavy atom. The van der Waals surface area contributed by atoms with Gasteiger partial charge in [0.1, 0.15) is 11.5 Å². The van der Waals surface area contributed by atoms with Gasteiger partial charge in [-0.25, -0.2) is 0 Å². The first-order chi connectivity index (χ1) is 31.4.